The van der Waals surface area contributed by atoms with Gasteiger partial charge in [-0.1, -0.05) is 0 Å². The second-order valence-electron chi connectivity index (χ2n) is 6.65. The molecule has 2 rings (SSSR count). The predicted molar refractivity (Wildman–Crippen MR) is 80.8 cm³/mol. The van der Waals surface area contributed by atoms with Gasteiger partial charge >= 0.3 is 6.09 Å². The number of aliphatic hydroxyl groups is 1. The number of carbonyl (C=O) groups is 1. The lowest BCUT2D eigenvalue weighted by molar-refractivity contribution is 0.0387. The molecule has 0 saturated heterocycles. The molecule has 1 heterocycles. The summed E-state index contributed by atoms with van der Waals surface area (Å²) < 4.78 is 12.2. The van der Waals surface area contributed by atoms with Crippen LogP contribution in [0.15, 0.2) is 12.4 Å². The minimum atomic E-state index is -0.539. The maximum absolute atomic E-state index is 12.0. The highest BCUT2D eigenvalue weighted by atomic mass is 16.6. The van der Waals surface area contributed by atoms with Crippen LogP contribution < -0.4 is 10.1 Å². The minimum absolute atomic E-state index is 0.125. The van der Waals surface area contributed by atoms with E-state index in [4.69, 9.17) is 9.47 Å². The second-order valence-corrected chi connectivity index (χ2v) is 6.65. The van der Waals surface area contributed by atoms with E-state index in [9.17, 15) is 9.90 Å². The van der Waals surface area contributed by atoms with E-state index in [2.05, 4.69) is 10.4 Å². The van der Waals surface area contributed by atoms with Crippen LogP contribution in [-0.2, 0) is 4.74 Å². The van der Waals surface area contributed by atoms with Gasteiger partial charge in [-0.15, -0.1) is 0 Å². The van der Waals surface area contributed by atoms with Crippen LogP contribution >= 0.6 is 0 Å². The minimum Gasteiger partial charge on any atom is -0.493 e. The summed E-state index contributed by atoms with van der Waals surface area (Å²) in [5.41, 5.74) is -0.539. The molecule has 7 nitrogen and oxygen atoms in total. The molecular weight excluding hydrogens is 286 g/mol. The molecule has 1 fully saturated rings. The van der Waals surface area contributed by atoms with Crippen molar-refractivity contribution in [1.82, 2.24) is 15.1 Å². The average Bonchev–Trinajstić information content (AvgIpc) is 2.87. The Morgan fingerprint density at radius 1 is 1.45 bits per heavy atom. The molecule has 3 atom stereocenters. The Labute approximate surface area is 130 Å². The number of alkyl carbamates (subject to hydrolysis) is 1. The zero-order chi connectivity index (χ0) is 16.3. The highest BCUT2D eigenvalue weighted by molar-refractivity contribution is 5.68. The Kier molecular flexibility index (Phi) is 4.95. The van der Waals surface area contributed by atoms with Crippen molar-refractivity contribution < 1.29 is 19.4 Å². The van der Waals surface area contributed by atoms with Crippen LogP contribution in [-0.4, -0.2) is 45.8 Å². The predicted octanol–water partition coefficient (Wildman–Crippen LogP) is 1.87. The molecule has 0 aromatic carbocycles. The summed E-state index contributed by atoms with van der Waals surface area (Å²) in [7, 11) is 1.58. The fourth-order valence-electron chi connectivity index (χ4n) is 2.65. The number of hydrogen-bond donors (Lipinski definition) is 2. The van der Waals surface area contributed by atoms with E-state index in [1.807, 2.05) is 20.8 Å². The molecule has 0 radical (unpaired) electrons. The van der Waals surface area contributed by atoms with Gasteiger partial charge in [0.2, 0.25) is 0 Å². The van der Waals surface area contributed by atoms with E-state index in [0.29, 0.717) is 25.0 Å². The van der Waals surface area contributed by atoms with Gasteiger partial charge in [0.1, 0.15) is 5.60 Å². The van der Waals surface area contributed by atoms with Gasteiger partial charge in [-0.05, 0) is 40.0 Å². The first-order valence-electron chi connectivity index (χ1n) is 7.54. The number of rotatable bonds is 3. The SMILES string of the molecule is COc1cnn(C2CC(O)CCC2NC(=O)OC(C)(C)C)c1. The Balaban J connectivity index is 2.08. The molecule has 1 amide bonds. The molecule has 7 heteroatoms. The first kappa shape index (κ1) is 16.6. The molecule has 3 unspecified atom stereocenters. The van der Waals surface area contributed by atoms with Gasteiger partial charge in [-0.25, -0.2) is 4.79 Å². The molecule has 0 bridgehead atoms. The fraction of sp³-hybridized carbons (Fsp3) is 0.733. The maximum atomic E-state index is 12.0. The molecule has 124 valence electrons. The number of amides is 1. The summed E-state index contributed by atoms with van der Waals surface area (Å²) in [5, 5.41) is 17.1. The Bertz CT molecular complexity index is 509. The molecular formula is C15H25N3O4. The van der Waals surface area contributed by atoms with Gasteiger partial charge in [-0.2, -0.15) is 5.10 Å². The lowest BCUT2D eigenvalue weighted by Gasteiger charge is -2.35. The Hall–Kier alpha value is -1.76. The Morgan fingerprint density at radius 3 is 2.77 bits per heavy atom. The summed E-state index contributed by atoms with van der Waals surface area (Å²) in [6, 6.07) is -0.261. The van der Waals surface area contributed by atoms with Crippen LogP contribution in [0.2, 0.25) is 0 Å². The third-order valence-electron chi connectivity index (χ3n) is 3.64. The van der Waals surface area contributed by atoms with Gasteiger partial charge in [0, 0.05) is 0 Å². The van der Waals surface area contributed by atoms with E-state index in [1.54, 1.807) is 24.2 Å². The van der Waals surface area contributed by atoms with Gasteiger partial charge in [0.15, 0.2) is 5.75 Å². The molecule has 22 heavy (non-hydrogen) atoms. The van der Waals surface area contributed by atoms with E-state index >= 15 is 0 Å². The quantitative estimate of drug-likeness (QED) is 0.890. The molecule has 1 aromatic rings. The number of aliphatic hydroxyl groups excluding tert-OH is 1. The molecule has 2 N–H and O–H groups in total. The summed E-state index contributed by atoms with van der Waals surface area (Å²) >= 11 is 0. The number of carbonyl (C=O) groups excluding carboxylic acids is 1. The lowest BCUT2D eigenvalue weighted by Crippen LogP contribution is -2.47. The number of aromatic nitrogens is 2. The molecule has 1 aliphatic carbocycles. The van der Waals surface area contributed by atoms with Crippen molar-refractivity contribution in [1.29, 1.82) is 0 Å². The van der Waals surface area contributed by atoms with Crippen LogP contribution in [0.4, 0.5) is 4.79 Å². The lowest BCUT2D eigenvalue weighted by atomic mass is 9.88. The molecule has 1 saturated carbocycles. The van der Waals surface area contributed by atoms with Crippen molar-refractivity contribution >= 4 is 6.09 Å². The largest absolute Gasteiger partial charge is 0.493 e. The van der Waals surface area contributed by atoms with E-state index in [-0.39, 0.29) is 12.1 Å². The van der Waals surface area contributed by atoms with E-state index < -0.39 is 17.8 Å². The van der Waals surface area contributed by atoms with Crippen molar-refractivity contribution in [2.24, 2.45) is 0 Å². The fourth-order valence-corrected chi connectivity index (χ4v) is 2.65. The van der Waals surface area contributed by atoms with Crippen molar-refractivity contribution in [3.8, 4) is 5.75 Å². The van der Waals surface area contributed by atoms with E-state index in [1.165, 1.54) is 0 Å². The van der Waals surface area contributed by atoms with Gasteiger partial charge < -0.3 is 19.9 Å². The first-order chi connectivity index (χ1) is 10.3. The van der Waals surface area contributed by atoms with Crippen LogP contribution in [0.1, 0.15) is 46.1 Å². The molecule has 0 spiro atoms. The highest BCUT2D eigenvalue weighted by Crippen LogP contribution is 2.30. The average molecular weight is 311 g/mol. The zero-order valence-electron chi connectivity index (χ0n) is 13.6. The summed E-state index contributed by atoms with van der Waals surface area (Å²) in [5.74, 6) is 0.649. The zero-order valence-corrected chi connectivity index (χ0v) is 13.6. The van der Waals surface area contributed by atoms with Crippen molar-refractivity contribution in [3.05, 3.63) is 12.4 Å². The summed E-state index contributed by atoms with van der Waals surface area (Å²) in [4.78, 5) is 12.0. The van der Waals surface area contributed by atoms with Gasteiger partial charge in [-0.3, -0.25) is 4.68 Å². The van der Waals surface area contributed by atoms with Crippen LogP contribution in [0.3, 0.4) is 0 Å². The number of nitrogens with one attached hydrogen (secondary N) is 1. The standard InChI is InChI=1S/C15H25N3O4/c1-15(2,3)22-14(20)17-12-6-5-10(19)7-13(12)18-9-11(21-4)8-16-18/h8-10,12-13,19H,5-7H2,1-4H3,(H,17,20). The molecule has 0 aliphatic heterocycles. The van der Waals surface area contributed by atoms with Crippen LogP contribution in [0.5, 0.6) is 5.75 Å². The number of ether oxygens (including phenoxy) is 2. The monoisotopic (exact) mass is 311 g/mol. The van der Waals surface area contributed by atoms with Crippen molar-refractivity contribution in [2.75, 3.05) is 7.11 Å². The van der Waals surface area contributed by atoms with Crippen molar-refractivity contribution in [3.63, 3.8) is 0 Å². The van der Waals surface area contributed by atoms with Crippen LogP contribution in [0.25, 0.3) is 0 Å². The molecule has 1 aromatic heterocycles. The third kappa shape index (κ3) is 4.37. The van der Waals surface area contributed by atoms with Gasteiger partial charge in [0.05, 0.1) is 37.7 Å². The highest BCUT2D eigenvalue weighted by Gasteiger charge is 2.33. The van der Waals surface area contributed by atoms with Crippen LogP contribution in [0, 0.1) is 0 Å². The number of methoxy groups -OCH3 is 1. The smallest absolute Gasteiger partial charge is 0.407 e. The third-order valence-corrected chi connectivity index (χ3v) is 3.64. The maximum Gasteiger partial charge on any atom is 0.407 e. The van der Waals surface area contributed by atoms with Gasteiger partial charge in [0.25, 0.3) is 0 Å². The van der Waals surface area contributed by atoms with Crippen molar-refractivity contribution in [2.45, 2.75) is 63.8 Å². The normalized spacial score (nSPS) is 25.6. The van der Waals surface area contributed by atoms with E-state index in [0.717, 1.165) is 0 Å². The second kappa shape index (κ2) is 6.56. The topological polar surface area (TPSA) is 85.6 Å². The Morgan fingerprint density at radius 2 is 2.18 bits per heavy atom. The number of hydrogen-bond acceptors (Lipinski definition) is 5. The summed E-state index contributed by atoms with van der Waals surface area (Å²) in [6.45, 7) is 5.48. The number of nitrogens with zero attached hydrogens (tertiary/aromatic N) is 2. The summed E-state index contributed by atoms with van der Waals surface area (Å²) in [6.07, 6.45) is 4.40. The first-order valence-corrected chi connectivity index (χ1v) is 7.54. The molecule has 1 aliphatic rings.